The molecule has 2 amide bonds. The van der Waals surface area contributed by atoms with Gasteiger partial charge in [-0.05, 0) is 49.1 Å². The summed E-state index contributed by atoms with van der Waals surface area (Å²) >= 11 is 0. The number of nitrogens with zero attached hydrogens (tertiary/aromatic N) is 1. The van der Waals surface area contributed by atoms with Gasteiger partial charge in [0, 0.05) is 12.6 Å². The molecule has 6 heteroatoms. The molecule has 0 unspecified atom stereocenters. The van der Waals surface area contributed by atoms with Crippen LogP contribution in [0, 0.1) is 0 Å². The van der Waals surface area contributed by atoms with Crippen molar-refractivity contribution in [1.29, 1.82) is 0 Å². The van der Waals surface area contributed by atoms with Crippen molar-refractivity contribution in [1.82, 2.24) is 15.6 Å². The third-order valence-corrected chi connectivity index (χ3v) is 3.96. The molecule has 1 aliphatic rings. The van der Waals surface area contributed by atoms with Gasteiger partial charge >= 0.3 is 0 Å². The standard InChI is InChI=1S/C19H21N3O3/c1-25-15-5-2-4-13(12-15)10-11-20-18(23)16-6-3-7-17(22-16)19(24)21-14-8-9-14/h2-7,12,14H,8-11H2,1H3,(H,20,23)(H,21,24). The lowest BCUT2D eigenvalue weighted by atomic mass is 10.1. The Balaban J connectivity index is 1.54. The molecule has 0 aliphatic heterocycles. The number of ether oxygens (including phenoxy) is 1. The van der Waals surface area contributed by atoms with Gasteiger partial charge in [-0.1, -0.05) is 18.2 Å². The first-order chi connectivity index (χ1) is 12.2. The number of carbonyl (C=O) groups is 2. The van der Waals surface area contributed by atoms with Gasteiger partial charge in [-0.2, -0.15) is 0 Å². The topological polar surface area (TPSA) is 80.3 Å². The number of carbonyl (C=O) groups excluding carboxylic acids is 2. The Morgan fingerprint density at radius 1 is 1.12 bits per heavy atom. The maximum atomic E-state index is 12.2. The van der Waals surface area contributed by atoms with E-state index in [0.29, 0.717) is 13.0 Å². The molecule has 25 heavy (non-hydrogen) atoms. The molecule has 1 aliphatic carbocycles. The molecule has 0 bridgehead atoms. The molecular weight excluding hydrogens is 318 g/mol. The van der Waals surface area contributed by atoms with E-state index >= 15 is 0 Å². The molecule has 1 saturated carbocycles. The maximum absolute atomic E-state index is 12.2. The zero-order valence-electron chi connectivity index (χ0n) is 14.1. The van der Waals surface area contributed by atoms with Crippen molar-refractivity contribution >= 4 is 11.8 Å². The van der Waals surface area contributed by atoms with E-state index in [9.17, 15) is 9.59 Å². The lowest BCUT2D eigenvalue weighted by molar-refractivity contribution is 0.0943. The van der Waals surface area contributed by atoms with Gasteiger partial charge in [-0.15, -0.1) is 0 Å². The van der Waals surface area contributed by atoms with Crippen molar-refractivity contribution in [2.45, 2.75) is 25.3 Å². The average Bonchev–Trinajstić information content (AvgIpc) is 3.46. The molecule has 130 valence electrons. The summed E-state index contributed by atoms with van der Waals surface area (Å²) in [7, 11) is 1.62. The van der Waals surface area contributed by atoms with Gasteiger partial charge < -0.3 is 15.4 Å². The molecule has 2 N–H and O–H groups in total. The van der Waals surface area contributed by atoms with Gasteiger partial charge in [0.15, 0.2) is 0 Å². The Morgan fingerprint density at radius 2 is 1.84 bits per heavy atom. The number of methoxy groups -OCH3 is 1. The molecular formula is C19H21N3O3. The predicted octanol–water partition coefficient (Wildman–Crippen LogP) is 1.95. The molecule has 1 aromatic heterocycles. The quantitative estimate of drug-likeness (QED) is 0.808. The van der Waals surface area contributed by atoms with Crippen molar-refractivity contribution in [2.24, 2.45) is 0 Å². The summed E-state index contributed by atoms with van der Waals surface area (Å²) in [5.74, 6) is 0.275. The first-order valence-corrected chi connectivity index (χ1v) is 8.35. The second-order valence-corrected chi connectivity index (χ2v) is 6.01. The number of amides is 2. The summed E-state index contributed by atoms with van der Waals surface area (Å²) in [5, 5.41) is 5.70. The summed E-state index contributed by atoms with van der Waals surface area (Å²) < 4.78 is 5.18. The van der Waals surface area contributed by atoms with E-state index in [1.54, 1.807) is 25.3 Å². The van der Waals surface area contributed by atoms with Crippen molar-refractivity contribution in [3.05, 3.63) is 59.4 Å². The van der Waals surface area contributed by atoms with E-state index in [1.807, 2.05) is 24.3 Å². The smallest absolute Gasteiger partial charge is 0.270 e. The van der Waals surface area contributed by atoms with Crippen molar-refractivity contribution in [2.75, 3.05) is 13.7 Å². The van der Waals surface area contributed by atoms with Crippen LogP contribution in [0.5, 0.6) is 5.75 Å². The highest BCUT2D eigenvalue weighted by molar-refractivity contribution is 5.96. The minimum Gasteiger partial charge on any atom is -0.497 e. The van der Waals surface area contributed by atoms with Crippen LogP contribution >= 0.6 is 0 Å². The van der Waals surface area contributed by atoms with Crippen molar-refractivity contribution in [3.63, 3.8) is 0 Å². The molecule has 1 heterocycles. The third kappa shape index (κ3) is 4.79. The highest BCUT2D eigenvalue weighted by Crippen LogP contribution is 2.19. The van der Waals surface area contributed by atoms with E-state index in [0.717, 1.165) is 24.2 Å². The number of rotatable bonds is 7. The molecule has 1 fully saturated rings. The lowest BCUT2D eigenvalue weighted by Crippen LogP contribution is -2.29. The van der Waals surface area contributed by atoms with Crippen molar-refractivity contribution in [3.8, 4) is 5.75 Å². The van der Waals surface area contributed by atoms with E-state index < -0.39 is 0 Å². The van der Waals surface area contributed by atoms with Gasteiger partial charge in [-0.3, -0.25) is 9.59 Å². The largest absolute Gasteiger partial charge is 0.497 e. The first-order valence-electron chi connectivity index (χ1n) is 8.35. The molecule has 3 rings (SSSR count). The zero-order chi connectivity index (χ0) is 17.6. The number of hydrogen-bond acceptors (Lipinski definition) is 4. The fourth-order valence-corrected chi connectivity index (χ4v) is 2.41. The van der Waals surface area contributed by atoms with Crippen LogP contribution in [0.1, 0.15) is 39.4 Å². The Labute approximate surface area is 146 Å². The Bertz CT molecular complexity index is 772. The molecule has 2 aromatic rings. The van der Waals surface area contributed by atoms with E-state index in [1.165, 1.54) is 0 Å². The van der Waals surface area contributed by atoms with Crippen LogP contribution in [0.25, 0.3) is 0 Å². The minimum absolute atomic E-state index is 0.228. The molecule has 0 saturated heterocycles. The minimum atomic E-state index is -0.288. The molecule has 0 spiro atoms. The third-order valence-electron chi connectivity index (χ3n) is 3.96. The van der Waals surface area contributed by atoms with Crippen LogP contribution in [0.3, 0.4) is 0 Å². The number of hydrogen-bond donors (Lipinski definition) is 2. The maximum Gasteiger partial charge on any atom is 0.270 e. The van der Waals surface area contributed by atoms with Gasteiger partial charge in [0.05, 0.1) is 7.11 Å². The van der Waals surface area contributed by atoms with Crippen LogP contribution in [-0.2, 0) is 6.42 Å². The van der Waals surface area contributed by atoms with E-state index in [-0.39, 0.29) is 29.2 Å². The van der Waals surface area contributed by atoms with Gasteiger partial charge in [0.1, 0.15) is 17.1 Å². The zero-order valence-corrected chi connectivity index (χ0v) is 14.1. The Morgan fingerprint density at radius 3 is 2.56 bits per heavy atom. The summed E-state index contributed by atoms with van der Waals surface area (Å²) in [6, 6.07) is 12.9. The predicted molar refractivity (Wildman–Crippen MR) is 93.8 cm³/mol. The second kappa shape index (κ2) is 7.79. The second-order valence-electron chi connectivity index (χ2n) is 6.01. The Hall–Kier alpha value is -2.89. The van der Waals surface area contributed by atoms with Gasteiger partial charge in [0.2, 0.25) is 0 Å². The van der Waals surface area contributed by atoms with Crippen molar-refractivity contribution < 1.29 is 14.3 Å². The van der Waals surface area contributed by atoms with Gasteiger partial charge in [0.25, 0.3) is 11.8 Å². The molecule has 0 radical (unpaired) electrons. The highest BCUT2D eigenvalue weighted by atomic mass is 16.5. The molecule has 1 aromatic carbocycles. The number of benzene rings is 1. The number of aromatic nitrogens is 1. The fourth-order valence-electron chi connectivity index (χ4n) is 2.41. The molecule has 6 nitrogen and oxygen atoms in total. The van der Waals surface area contributed by atoms with Gasteiger partial charge in [-0.25, -0.2) is 4.98 Å². The average molecular weight is 339 g/mol. The Kier molecular flexibility index (Phi) is 5.28. The van der Waals surface area contributed by atoms with Crippen LogP contribution in [0.4, 0.5) is 0 Å². The lowest BCUT2D eigenvalue weighted by Gasteiger charge is -2.08. The summed E-state index contributed by atoms with van der Waals surface area (Å²) in [6.07, 6.45) is 2.71. The summed E-state index contributed by atoms with van der Waals surface area (Å²) in [5.41, 5.74) is 1.59. The monoisotopic (exact) mass is 339 g/mol. The van der Waals surface area contributed by atoms with Crippen LogP contribution in [0.2, 0.25) is 0 Å². The van der Waals surface area contributed by atoms with E-state index in [2.05, 4.69) is 15.6 Å². The SMILES string of the molecule is COc1cccc(CCNC(=O)c2cccc(C(=O)NC3CC3)n2)c1. The highest BCUT2D eigenvalue weighted by Gasteiger charge is 2.24. The van der Waals surface area contributed by atoms with Crippen LogP contribution in [-0.4, -0.2) is 36.5 Å². The first kappa shape index (κ1) is 17.0. The summed E-state index contributed by atoms with van der Waals surface area (Å²) in [4.78, 5) is 28.4. The normalized spacial score (nSPS) is 13.2. The molecule has 0 atom stereocenters. The summed E-state index contributed by atoms with van der Waals surface area (Å²) in [6.45, 7) is 0.478. The number of nitrogens with one attached hydrogen (secondary N) is 2. The van der Waals surface area contributed by atoms with Crippen LogP contribution < -0.4 is 15.4 Å². The number of pyridine rings is 1. The fraction of sp³-hybridized carbons (Fsp3) is 0.316. The van der Waals surface area contributed by atoms with E-state index in [4.69, 9.17) is 4.74 Å². The van der Waals surface area contributed by atoms with Crippen LogP contribution in [0.15, 0.2) is 42.5 Å².